The van der Waals surface area contributed by atoms with Gasteiger partial charge in [0.1, 0.15) is 0 Å². The van der Waals surface area contributed by atoms with Gasteiger partial charge in [-0.1, -0.05) is 23.7 Å². The molecule has 12 nitrogen and oxygen atoms in total. The van der Waals surface area contributed by atoms with Crippen LogP contribution in [0.15, 0.2) is 43.0 Å². The maximum absolute atomic E-state index is 13.2. The van der Waals surface area contributed by atoms with Gasteiger partial charge < -0.3 is 24.9 Å². The Morgan fingerprint density at radius 2 is 1.93 bits per heavy atom. The highest BCUT2D eigenvalue weighted by Crippen LogP contribution is 2.38. The van der Waals surface area contributed by atoms with Crippen molar-refractivity contribution in [2.75, 3.05) is 11.9 Å². The van der Waals surface area contributed by atoms with Crippen LogP contribution in [0.1, 0.15) is 49.2 Å². The highest BCUT2D eigenvalue weighted by Gasteiger charge is 2.44. The second kappa shape index (κ2) is 11.9. The molecule has 3 atom stereocenters. The first kappa shape index (κ1) is 30.7. The predicted octanol–water partition coefficient (Wildman–Crippen LogP) is 3.81. The number of amides is 2. The monoisotopic (exact) mass is 609 g/mol. The largest absolute Gasteiger partial charge is 0.490 e. The molecule has 2 aliphatic heterocycles. The molecule has 0 spiro atoms. The van der Waals surface area contributed by atoms with Gasteiger partial charge in [-0.05, 0) is 38.3 Å². The van der Waals surface area contributed by atoms with Crippen molar-refractivity contribution in [1.29, 1.82) is 5.41 Å². The number of halogens is 4. The molecule has 3 aromatic rings. The number of carbonyl (C=O) groups is 3. The number of aliphatic carboxylic acids is 1. The number of hydrogen-bond acceptors (Lipinski definition) is 7. The molecule has 2 aliphatic rings. The van der Waals surface area contributed by atoms with Crippen LogP contribution in [0.4, 0.5) is 18.9 Å². The molecule has 1 aromatic carbocycles. The topological polar surface area (TPSA) is 162 Å². The summed E-state index contributed by atoms with van der Waals surface area (Å²) in [5.74, 6) is -3.31. The Morgan fingerprint density at radius 3 is 2.55 bits per heavy atom. The normalized spacial score (nSPS) is 22.7. The molecule has 2 saturated heterocycles. The first-order valence-electron chi connectivity index (χ1n) is 12.7. The van der Waals surface area contributed by atoms with E-state index in [2.05, 4.69) is 20.6 Å². The fourth-order valence-electron chi connectivity index (χ4n) is 4.89. The third kappa shape index (κ3) is 6.46. The molecule has 224 valence electrons. The summed E-state index contributed by atoms with van der Waals surface area (Å²) in [5, 5.41) is 22.0. The first-order valence-corrected chi connectivity index (χ1v) is 13.1. The average Bonchev–Trinajstić information content (AvgIpc) is 3.38. The number of carboxylic acids is 1. The zero-order valence-corrected chi connectivity index (χ0v) is 23.2. The third-order valence-corrected chi connectivity index (χ3v) is 7.25. The number of ether oxygens (including phenoxy) is 1. The number of carboxylic acid groups (broad SMARTS) is 1. The highest BCUT2D eigenvalue weighted by atomic mass is 35.5. The van der Waals surface area contributed by atoms with E-state index in [1.165, 1.54) is 11.1 Å². The summed E-state index contributed by atoms with van der Waals surface area (Å²) in [6.07, 6.45) is 3.01. The molecule has 0 radical (unpaired) electrons. The van der Waals surface area contributed by atoms with Crippen LogP contribution in [0.25, 0.3) is 5.65 Å². The number of hydrogen-bond donors (Lipinski definition) is 4. The summed E-state index contributed by atoms with van der Waals surface area (Å²) in [5.41, 5.74) is 0.675. The molecule has 4 N–H and O–H groups in total. The minimum Gasteiger partial charge on any atom is -0.475 e. The number of imidazole rings is 1. The second-order valence-corrected chi connectivity index (χ2v) is 10.3. The molecule has 2 amide bonds. The number of rotatable bonds is 4. The van der Waals surface area contributed by atoms with Gasteiger partial charge >= 0.3 is 12.1 Å². The maximum Gasteiger partial charge on any atom is 0.490 e. The SMILES string of the molecule is C[C@@H]1C[C@H](N2C(=N)N[C@](C)(c3cccc(NC(=O)c4nccn5ccnc45)c3Cl)CC2=O)CCO1.O=C(O)C(F)(F)F. The number of alkyl halides is 3. The number of aromatic nitrogens is 3. The van der Waals surface area contributed by atoms with Crippen LogP contribution in [0.2, 0.25) is 5.02 Å². The van der Waals surface area contributed by atoms with Crippen LogP contribution >= 0.6 is 11.6 Å². The Kier molecular flexibility index (Phi) is 8.73. The Bertz CT molecular complexity index is 1510. The van der Waals surface area contributed by atoms with Crippen LogP contribution in [0, 0.1) is 5.41 Å². The fraction of sp³-hybridized carbons (Fsp3) is 0.385. The summed E-state index contributed by atoms with van der Waals surface area (Å²) in [6.45, 7) is 4.38. The van der Waals surface area contributed by atoms with Crippen LogP contribution in [-0.4, -0.2) is 73.0 Å². The standard InChI is InChI=1S/C24H26ClN7O3.C2HF3O2/c1-14-12-15(6-11-35-14)32-18(33)13-24(2,30-23(32)26)16-4-3-5-17(19(16)25)29-22(34)20-21-28-8-10-31(21)9-7-27-20;3-2(4,5)1(6)7/h3-5,7-10,14-15H,6,11-13H2,1-2H3,(H2,26,30)(H,29,34);(H,6,7)/t14-,15-,24+;/m1./s1. The molecular weight excluding hydrogens is 583 g/mol. The van der Waals surface area contributed by atoms with Gasteiger partial charge in [0, 0.05) is 37.4 Å². The van der Waals surface area contributed by atoms with Crippen molar-refractivity contribution in [3.8, 4) is 0 Å². The predicted molar refractivity (Wildman–Crippen MR) is 144 cm³/mol. The molecule has 4 heterocycles. The van der Waals surface area contributed by atoms with Gasteiger partial charge in [0.05, 0.1) is 28.8 Å². The zero-order chi connectivity index (χ0) is 30.8. The number of benzene rings is 1. The third-order valence-electron chi connectivity index (χ3n) is 6.84. The minimum absolute atomic E-state index is 0.0414. The van der Waals surface area contributed by atoms with Crippen molar-refractivity contribution in [3.05, 3.63) is 59.3 Å². The molecule has 0 bridgehead atoms. The lowest BCUT2D eigenvalue weighted by molar-refractivity contribution is -0.192. The van der Waals surface area contributed by atoms with E-state index in [0.29, 0.717) is 41.4 Å². The number of anilines is 1. The lowest BCUT2D eigenvalue weighted by Gasteiger charge is -2.45. The van der Waals surface area contributed by atoms with Crippen molar-refractivity contribution in [3.63, 3.8) is 0 Å². The van der Waals surface area contributed by atoms with Crippen molar-refractivity contribution >= 4 is 46.7 Å². The quantitative estimate of drug-likeness (QED) is 0.347. The maximum atomic E-state index is 13.2. The molecule has 16 heteroatoms. The van der Waals surface area contributed by atoms with Gasteiger partial charge in [-0.2, -0.15) is 13.2 Å². The van der Waals surface area contributed by atoms with E-state index in [0.717, 1.165) is 0 Å². The van der Waals surface area contributed by atoms with E-state index < -0.39 is 23.6 Å². The molecule has 0 aliphatic carbocycles. The molecule has 0 saturated carbocycles. The smallest absolute Gasteiger partial charge is 0.475 e. The van der Waals surface area contributed by atoms with Gasteiger partial charge in [-0.3, -0.25) is 19.9 Å². The van der Waals surface area contributed by atoms with Crippen LogP contribution in [0.3, 0.4) is 0 Å². The van der Waals surface area contributed by atoms with E-state index in [4.69, 9.17) is 31.6 Å². The number of carbonyl (C=O) groups excluding carboxylic acids is 2. The fourth-order valence-corrected chi connectivity index (χ4v) is 5.27. The summed E-state index contributed by atoms with van der Waals surface area (Å²) >= 11 is 6.75. The number of fused-ring (bicyclic) bond motifs is 1. The van der Waals surface area contributed by atoms with E-state index in [1.54, 1.807) is 41.2 Å². The van der Waals surface area contributed by atoms with Gasteiger partial charge in [-0.15, -0.1) is 0 Å². The summed E-state index contributed by atoms with van der Waals surface area (Å²) in [6, 6.07) is 5.17. The van der Waals surface area contributed by atoms with Crippen LogP contribution in [0.5, 0.6) is 0 Å². The molecular formula is C26H27ClF3N7O5. The van der Waals surface area contributed by atoms with Crippen molar-refractivity contribution < 1.29 is 37.4 Å². The Hall–Kier alpha value is -4.24. The van der Waals surface area contributed by atoms with Gasteiger partial charge in [-0.25, -0.2) is 14.8 Å². The molecule has 2 fully saturated rings. The highest BCUT2D eigenvalue weighted by molar-refractivity contribution is 6.35. The van der Waals surface area contributed by atoms with E-state index in [1.807, 2.05) is 13.8 Å². The van der Waals surface area contributed by atoms with Gasteiger partial charge in [0.2, 0.25) is 5.91 Å². The van der Waals surface area contributed by atoms with Crippen molar-refractivity contribution in [2.45, 2.75) is 57.0 Å². The molecule has 0 unspecified atom stereocenters. The Balaban J connectivity index is 0.000000517. The molecule has 42 heavy (non-hydrogen) atoms. The minimum atomic E-state index is -5.08. The van der Waals surface area contributed by atoms with Crippen LogP contribution < -0.4 is 10.6 Å². The van der Waals surface area contributed by atoms with E-state index in [-0.39, 0.29) is 36.1 Å². The summed E-state index contributed by atoms with van der Waals surface area (Å²) in [7, 11) is 0. The average molecular weight is 610 g/mol. The van der Waals surface area contributed by atoms with Gasteiger partial charge in [0.25, 0.3) is 5.91 Å². The summed E-state index contributed by atoms with van der Waals surface area (Å²) in [4.78, 5) is 45.0. The number of guanidine groups is 1. The number of nitrogens with one attached hydrogen (secondary N) is 3. The lowest BCUT2D eigenvalue weighted by atomic mass is 9.85. The Morgan fingerprint density at radius 1 is 1.26 bits per heavy atom. The molecule has 5 rings (SSSR count). The van der Waals surface area contributed by atoms with E-state index >= 15 is 0 Å². The summed E-state index contributed by atoms with van der Waals surface area (Å²) < 4.78 is 39.0. The first-order chi connectivity index (χ1) is 19.7. The van der Waals surface area contributed by atoms with Crippen molar-refractivity contribution in [1.82, 2.24) is 24.6 Å². The number of nitrogens with zero attached hydrogens (tertiary/aromatic N) is 4. The van der Waals surface area contributed by atoms with Crippen LogP contribution in [-0.2, 0) is 19.9 Å². The van der Waals surface area contributed by atoms with Crippen molar-refractivity contribution in [2.24, 2.45) is 0 Å². The van der Waals surface area contributed by atoms with E-state index in [9.17, 15) is 22.8 Å². The Labute approximate surface area is 242 Å². The second-order valence-electron chi connectivity index (χ2n) is 9.96. The van der Waals surface area contributed by atoms with Gasteiger partial charge in [0.15, 0.2) is 17.3 Å². The zero-order valence-electron chi connectivity index (χ0n) is 22.4. The lowest BCUT2D eigenvalue weighted by Crippen LogP contribution is -2.63. The molecule has 2 aromatic heterocycles.